The van der Waals surface area contributed by atoms with Gasteiger partial charge in [0.15, 0.2) is 0 Å². The van der Waals surface area contributed by atoms with E-state index in [4.69, 9.17) is 4.42 Å². The quantitative estimate of drug-likeness (QED) is 0.169. The summed E-state index contributed by atoms with van der Waals surface area (Å²) in [5.74, 6) is 0. The predicted octanol–water partition coefficient (Wildman–Crippen LogP) is 15.6. The van der Waals surface area contributed by atoms with Crippen molar-refractivity contribution in [3.05, 3.63) is 199 Å². The van der Waals surface area contributed by atoms with Gasteiger partial charge in [-0.15, -0.1) is 11.3 Å². The van der Waals surface area contributed by atoms with E-state index in [1.54, 1.807) is 0 Å². The predicted molar refractivity (Wildman–Crippen MR) is 238 cm³/mol. The molecule has 56 heavy (non-hydrogen) atoms. The highest BCUT2D eigenvalue weighted by atomic mass is 32.1. The maximum absolute atomic E-state index is 6.73. The monoisotopic (exact) mass is 735 g/mol. The molecular weight excluding hydrogens is 699 g/mol. The number of nitrogens with zero attached hydrogens (tertiary/aromatic N) is 1. The van der Waals surface area contributed by atoms with Gasteiger partial charge in [0.2, 0.25) is 0 Å². The van der Waals surface area contributed by atoms with Gasteiger partial charge in [0, 0.05) is 48.9 Å². The van der Waals surface area contributed by atoms with Crippen molar-refractivity contribution in [2.75, 3.05) is 4.90 Å². The van der Waals surface area contributed by atoms with Gasteiger partial charge in [-0.25, -0.2) is 0 Å². The molecule has 0 spiro atoms. The van der Waals surface area contributed by atoms with Gasteiger partial charge in [-0.05, 0) is 116 Å². The fourth-order valence-electron chi connectivity index (χ4n) is 8.83. The second-order valence-corrected chi connectivity index (χ2v) is 16.4. The molecule has 266 valence electrons. The Kier molecular flexibility index (Phi) is 7.42. The van der Waals surface area contributed by atoms with Gasteiger partial charge >= 0.3 is 0 Å². The maximum atomic E-state index is 6.73. The Hall–Kier alpha value is -6.68. The molecule has 10 aromatic rings. The summed E-state index contributed by atoms with van der Waals surface area (Å²) in [6.45, 7) is 4.75. The van der Waals surface area contributed by atoms with E-state index in [9.17, 15) is 0 Å². The average Bonchev–Trinajstić information content (AvgIpc) is 3.89. The first-order chi connectivity index (χ1) is 27.5. The summed E-state index contributed by atoms with van der Waals surface area (Å²) in [7, 11) is 0. The zero-order valence-corrected chi connectivity index (χ0v) is 32.0. The number of furan rings is 1. The first kappa shape index (κ1) is 32.7. The third kappa shape index (κ3) is 5.23. The molecule has 0 atom stereocenters. The van der Waals surface area contributed by atoms with Crippen molar-refractivity contribution in [1.82, 2.24) is 0 Å². The van der Waals surface area contributed by atoms with Crippen LogP contribution in [0.25, 0.3) is 75.8 Å². The summed E-state index contributed by atoms with van der Waals surface area (Å²) in [5.41, 5.74) is 16.3. The van der Waals surface area contributed by atoms with Gasteiger partial charge in [-0.2, -0.15) is 0 Å². The minimum Gasteiger partial charge on any atom is -0.456 e. The zero-order chi connectivity index (χ0) is 37.4. The molecule has 1 aliphatic carbocycles. The molecule has 2 aromatic heterocycles. The van der Waals surface area contributed by atoms with Crippen molar-refractivity contribution >= 4 is 60.4 Å². The highest BCUT2D eigenvalue weighted by Gasteiger charge is 2.38. The third-order valence-corrected chi connectivity index (χ3v) is 12.9. The van der Waals surface area contributed by atoms with Crippen LogP contribution in [0.3, 0.4) is 0 Å². The van der Waals surface area contributed by atoms with Crippen molar-refractivity contribution in [3.8, 4) is 43.8 Å². The molecule has 0 radical (unpaired) electrons. The molecule has 2 nitrogen and oxygen atoms in total. The van der Waals surface area contributed by atoms with Crippen molar-refractivity contribution in [2.24, 2.45) is 0 Å². The molecule has 0 N–H and O–H groups in total. The van der Waals surface area contributed by atoms with E-state index in [-0.39, 0.29) is 5.41 Å². The van der Waals surface area contributed by atoms with E-state index in [0.717, 1.165) is 44.6 Å². The minimum atomic E-state index is -0.0737. The van der Waals surface area contributed by atoms with Crippen LogP contribution in [0, 0.1) is 0 Å². The van der Waals surface area contributed by atoms with Gasteiger partial charge in [-0.3, -0.25) is 0 Å². The first-order valence-electron chi connectivity index (χ1n) is 19.2. The number of rotatable bonds is 6. The average molecular weight is 736 g/mol. The Bertz CT molecular complexity index is 3000. The molecule has 0 saturated carbocycles. The molecular formula is C53H37NOS. The lowest BCUT2D eigenvalue weighted by atomic mass is 9.80. The summed E-state index contributed by atoms with van der Waals surface area (Å²) in [6.07, 6.45) is 0. The summed E-state index contributed by atoms with van der Waals surface area (Å²) in [5, 5.41) is 3.61. The van der Waals surface area contributed by atoms with Gasteiger partial charge < -0.3 is 9.32 Å². The van der Waals surface area contributed by atoms with Gasteiger partial charge in [-0.1, -0.05) is 135 Å². The highest BCUT2D eigenvalue weighted by Crippen LogP contribution is 2.56. The molecule has 0 fully saturated rings. The van der Waals surface area contributed by atoms with Crippen molar-refractivity contribution in [1.29, 1.82) is 0 Å². The van der Waals surface area contributed by atoms with Gasteiger partial charge in [0.25, 0.3) is 0 Å². The van der Waals surface area contributed by atoms with Crippen molar-refractivity contribution in [2.45, 2.75) is 19.3 Å². The lowest BCUT2D eigenvalue weighted by molar-refractivity contribution is 0.667. The van der Waals surface area contributed by atoms with Gasteiger partial charge in [0.05, 0.1) is 0 Å². The number of benzene rings is 8. The largest absolute Gasteiger partial charge is 0.456 e. The smallest absolute Gasteiger partial charge is 0.137 e. The summed E-state index contributed by atoms with van der Waals surface area (Å²) in [4.78, 5) is 3.73. The summed E-state index contributed by atoms with van der Waals surface area (Å²) < 4.78 is 8.09. The van der Waals surface area contributed by atoms with Crippen LogP contribution in [-0.2, 0) is 5.41 Å². The van der Waals surface area contributed by atoms with Crippen LogP contribution in [0.15, 0.2) is 192 Å². The van der Waals surface area contributed by atoms with Crippen molar-refractivity contribution < 1.29 is 4.42 Å². The third-order valence-electron chi connectivity index (χ3n) is 11.7. The van der Waals surface area contributed by atoms with Crippen LogP contribution >= 0.6 is 11.3 Å². The Morgan fingerprint density at radius 2 is 0.929 bits per heavy atom. The standard InChI is InChI=1S/C53H37NOS/c1-53(2)47-31-38(22-29-45(47)52-51(53)46-15-9-10-16-50(46)56-52)39-21-28-43-44-30-27-42(33-49(44)55-48(43)32-39)54(40-23-17-36(18-24-40)34-11-5-3-6-12-34)41-25-19-37(20-26-41)35-13-7-4-8-14-35/h3-33H,1-2H3. The van der Waals surface area contributed by atoms with Gasteiger partial charge in [0.1, 0.15) is 11.2 Å². The Balaban J connectivity index is 0.975. The summed E-state index contributed by atoms with van der Waals surface area (Å²) >= 11 is 1.92. The fourth-order valence-corrected chi connectivity index (χ4v) is 10.2. The number of hydrogen-bond acceptors (Lipinski definition) is 3. The molecule has 0 unspecified atom stereocenters. The number of hydrogen-bond donors (Lipinski definition) is 0. The second kappa shape index (κ2) is 12.7. The lowest BCUT2D eigenvalue weighted by Gasteiger charge is -2.26. The SMILES string of the molecule is CC1(C)c2cc(-c3ccc4c(c3)oc3cc(N(c5ccc(-c6ccccc6)cc5)c5ccc(-c6ccccc6)cc5)ccc34)ccc2-c2sc3ccccc3c21. The molecule has 1 aliphatic rings. The topological polar surface area (TPSA) is 16.4 Å². The number of thiophene rings is 1. The highest BCUT2D eigenvalue weighted by molar-refractivity contribution is 7.22. The van der Waals surface area contributed by atoms with E-state index in [1.807, 2.05) is 11.3 Å². The molecule has 0 saturated heterocycles. The van der Waals surface area contributed by atoms with Crippen LogP contribution in [0.4, 0.5) is 17.1 Å². The first-order valence-corrected chi connectivity index (χ1v) is 20.1. The molecule has 2 heterocycles. The summed E-state index contributed by atoms with van der Waals surface area (Å²) in [6, 6.07) is 67.9. The van der Waals surface area contributed by atoms with Crippen molar-refractivity contribution in [3.63, 3.8) is 0 Å². The molecule has 0 bridgehead atoms. The van der Waals surface area contributed by atoms with E-state index >= 15 is 0 Å². The minimum absolute atomic E-state index is 0.0737. The second-order valence-electron chi connectivity index (χ2n) is 15.3. The normalized spacial score (nSPS) is 13.0. The van der Waals surface area contributed by atoms with Crippen LogP contribution in [-0.4, -0.2) is 0 Å². The maximum Gasteiger partial charge on any atom is 0.137 e. The molecule has 0 amide bonds. The Morgan fingerprint density at radius 3 is 1.59 bits per heavy atom. The van der Waals surface area contributed by atoms with Crippen LogP contribution in [0.5, 0.6) is 0 Å². The molecule has 11 rings (SSSR count). The van der Waals surface area contributed by atoms with E-state index in [2.05, 4.69) is 207 Å². The Morgan fingerprint density at radius 1 is 0.429 bits per heavy atom. The molecule has 0 aliphatic heterocycles. The Labute approximate surface area is 330 Å². The zero-order valence-electron chi connectivity index (χ0n) is 31.2. The molecule has 3 heteroatoms. The van der Waals surface area contributed by atoms with Crippen LogP contribution in [0.2, 0.25) is 0 Å². The molecule has 8 aromatic carbocycles. The number of anilines is 3. The lowest BCUT2D eigenvalue weighted by Crippen LogP contribution is -2.15. The van der Waals surface area contributed by atoms with Crippen LogP contribution < -0.4 is 4.90 Å². The fraction of sp³-hybridized carbons (Fsp3) is 0.0566. The number of fused-ring (bicyclic) bond motifs is 8. The van der Waals surface area contributed by atoms with Crippen LogP contribution in [0.1, 0.15) is 25.0 Å². The van der Waals surface area contributed by atoms with E-state index < -0.39 is 0 Å². The van der Waals surface area contributed by atoms with E-state index in [1.165, 1.54) is 59.5 Å². The van der Waals surface area contributed by atoms with E-state index in [0.29, 0.717) is 0 Å².